The van der Waals surface area contributed by atoms with Gasteiger partial charge in [-0.1, -0.05) is 12.1 Å². The number of piperidine rings is 1. The Kier molecular flexibility index (Phi) is 5.57. The van der Waals surface area contributed by atoms with Crippen molar-refractivity contribution in [2.45, 2.75) is 70.9 Å². The Hall–Kier alpha value is -1.57. The molecule has 2 fully saturated rings. The Balaban J connectivity index is 1.54. The normalized spacial score (nSPS) is 23.3. The molecule has 2 saturated heterocycles. The molecule has 1 aromatic rings. The number of likely N-dealkylation sites (tertiary alicyclic amines) is 1. The van der Waals surface area contributed by atoms with E-state index in [0.717, 1.165) is 24.1 Å². The van der Waals surface area contributed by atoms with Gasteiger partial charge in [-0.2, -0.15) is 0 Å². The summed E-state index contributed by atoms with van der Waals surface area (Å²) < 4.78 is 18.2. The lowest BCUT2D eigenvalue weighted by Gasteiger charge is -2.32. The highest BCUT2D eigenvalue weighted by Gasteiger charge is 2.51. The van der Waals surface area contributed by atoms with Crippen LogP contribution in [0.2, 0.25) is 0 Å². The van der Waals surface area contributed by atoms with Crippen LogP contribution in [-0.2, 0) is 14.1 Å². The summed E-state index contributed by atoms with van der Waals surface area (Å²) in [6, 6.07) is 7.83. The highest BCUT2D eigenvalue weighted by molar-refractivity contribution is 6.62. The lowest BCUT2D eigenvalue weighted by atomic mass is 9.79. The molecule has 1 amide bonds. The van der Waals surface area contributed by atoms with Crippen molar-refractivity contribution in [3.05, 3.63) is 24.3 Å². The van der Waals surface area contributed by atoms with Crippen LogP contribution in [0.3, 0.4) is 0 Å². The Labute approximate surface area is 161 Å². The summed E-state index contributed by atoms with van der Waals surface area (Å²) in [6.07, 6.45) is 0.658. The van der Waals surface area contributed by atoms with E-state index in [4.69, 9.17) is 14.0 Å². The van der Waals surface area contributed by atoms with Crippen LogP contribution in [-0.4, -0.2) is 59.5 Å². The van der Waals surface area contributed by atoms with Crippen molar-refractivity contribution in [2.24, 2.45) is 0 Å². The summed E-state index contributed by atoms with van der Waals surface area (Å²) >= 11 is 0. The largest absolute Gasteiger partial charge is 0.494 e. The second-order valence-corrected chi connectivity index (χ2v) is 8.48. The van der Waals surface area contributed by atoms with Crippen LogP contribution in [0, 0.1) is 0 Å². The Morgan fingerprint density at radius 2 is 1.67 bits per heavy atom. The Morgan fingerprint density at radius 3 is 2.15 bits per heavy atom. The van der Waals surface area contributed by atoms with Crippen molar-refractivity contribution in [3.63, 3.8) is 0 Å². The van der Waals surface area contributed by atoms with Gasteiger partial charge in [0.25, 0.3) is 5.91 Å². The second-order valence-electron chi connectivity index (χ2n) is 8.48. The molecular formula is C20H30BNO5. The van der Waals surface area contributed by atoms with Crippen LogP contribution < -0.4 is 10.2 Å². The molecule has 2 aliphatic rings. The third-order valence-corrected chi connectivity index (χ3v) is 5.82. The average molecular weight is 375 g/mol. The van der Waals surface area contributed by atoms with Gasteiger partial charge in [0.05, 0.1) is 11.2 Å². The molecule has 2 aliphatic heterocycles. The number of aliphatic hydroxyl groups excluding tert-OH is 1. The zero-order valence-electron chi connectivity index (χ0n) is 16.9. The van der Waals surface area contributed by atoms with Gasteiger partial charge in [0, 0.05) is 25.9 Å². The maximum atomic E-state index is 11.8. The van der Waals surface area contributed by atoms with E-state index in [2.05, 4.69) is 0 Å². The number of amides is 1. The van der Waals surface area contributed by atoms with Crippen molar-refractivity contribution >= 4 is 18.5 Å². The molecule has 0 radical (unpaired) electrons. The van der Waals surface area contributed by atoms with Gasteiger partial charge in [-0.15, -0.1) is 0 Å². The van der Waals surface area contributed by atoms with Crippen LogP contribution in [0.1, 0.15) is 47.5 Å². The molecule has 6 nitrogen and oxygen atoms in total. The first-order chi connectivity index (χ1) is 12.6. The number of benzene rings is 1. The van der Waals surface area contributed by atoms with Crippen LogP contribution in [0.4, 0.5) is 0 Å². The number of hydrogen-bond donors (Lipinski definition) is 1. The molecule has 0 aromatic heterocycles. The molecule has 3 rings (SSSR count). The SMILES string of the molecule is CC(O)C(=O)N1CCC(Oc2ccc(B3OC(C)(C)C(C)(C)O3)cc2)CC1. The lowest BCUT2D eigenvalue weighted by Crippen LogP contribution is -2.45. The Bertz CT molecular complexity index is 649. The van der Waals surface area contributed by atoms with Crippen LogP contribution in [0.15, 0.2) is 24.3 Å². The standard InChI is InChI=1S/C20H30BNO5/c1-14(23)18(24)22-12-10-17(11-13-22)25-16-8-6-15(7-9-16)21-26-19(2,3)20(4,5)27-21/h6-9,14,17,23H,10-13H2,1-5H3. The van der Waals surface area contributed by atoms with E-state index in [1.807, 2.05) is 52.0 Å². The summed E-state index contributed by atoms with van der Waals surface area (Å²) in [5, 5.41) is 9.41. The van der Waals surface area contributed by atoms with Crippen LogP contribution in [0.25, 0.3) is 0 Å². The minimum atomic E-state index is -0.940. The number of hydrogen-bond acceptors (Lipinski definition) is 5. The highest BCUT2D eigenvalue weighted by Crippen LogP contribution is 2.36. The number of carbonyl (C=O) groups is 1. The molecule has 0 spiro atoms. The van der Waals surface area contributed by atoms with Crippen molar-refractivity contribution in [1.29, 1.82) is 0 Å². The fourth-order valence-corrected chi connectivity index (χ4v) is 3.33. The van der Waals surface area contributed by atoms with E-state index in [-0.39, 0.29) is 30.3 Å². The first-order valence-electron chi connectivity index (χ1n) is 9.68. The molecule has 2 heterocycles. The zero-order valence-corrected chi connectivity index (χ0v) is 16.9. The maximum Gasteiger partial charge on any atom is 0.494 e. The third-order valence-electron chi connectivity index (χ3n) is 5.82. The van der Waals surface area contributed by atoms with Gasteiger partial charge in [0.1, 0.15) is 18.0 Å². The number of carbonyl (C=O) groups excluding carboxylic acids is 1. The van der Waals surface area contributed by atoms with Gasteiger partial charge in [-0.3, -0.25) is 4.79 Å². The topological polar surface area (TPSA) is 68.2 Å². The molecule has 1 unspecified atom stereocenters. The van der Waals surface area contributed by atoms with Gasteiger partial charge >= 0.3 is 7.12 Å². The maximum absolute atomic E-state index is 11.8. The zero-order chi connectivity index (χ0) is 19.8. The van der Waals surface area contributed by atoms with E-state index < -0.39 is 6.10 Å². The minimum absolute atomic E-state index is 0.0748. The van der Waals surface area contributed by atoms with Crippen molar-refractivity contribution < 1.29 is 23.9 Å². The predicted molar refractivity (Wildman–Crippen MR) is 104 cm³/mol. The molecule has 0 aliphatic carbocycles. The van der Waals surface area contributed by atoms with Gasteiger partial charge in [0.2, 0.25) is 0 Å². The summed E-state index contributed by atoms with van der Waals surface area (Å²) in [4.78, 5) is 13.5. The lowest BCUT2D eigenvalue weighted by molar-refractivity contribution is -0.141. The monoisotopic (exact) mass is 375 g/mol. The molecule has 148 valence electrons. The fourth-order valence-electron chi connectivity index (χ4n) is 3.33. The molecule has 0 saturated carbocycles. The van der Waals surface area contributed by atoms with Crippen LogP contribution >= 0.6 is 0 Å². The second kappa shape index (κ2) is 7.45. The molecule has 7 heteroatoms. The van der Waals surface area contributed by atoms with E-state index in [9.17, 15) is 9.90 Å². The molecule has 0 bridgehead atoms. The van der Waals surface area contributed by atoms with Crippen molar-refractivity contribution in [3.8, 4) is 5.75 Å². The van der Waals surface area contributed by atoms with Crippen molar-refractivity contribution in [2.75, 3.05) is 13.1 Å². The molecule has 1 atom stereocenters. The highest BCUT2D eigenvalue weighted by atomic mass is 16.7. The molecule has 1 aromatic carbocycles. The third kappa shape index (κ3) is 4.31. The van der Waals surface area contributed by atoms with Gasteiger partial charge in [0.15, 0.2) is 0 Å². The van der Waals surface area contributed by atoms with Crippen LogP contribution in [0.5, 0.6) is 5.75 Å². The number of nitrogens with zero attached hydrogens (tertiary/aromatic N) is 1. The number of rotatable bonds is 4. The quantitative estimate of drug-likeness (QED) is 0.812. The minimum Gasteiger partial charge on any atom is -0.490 e. The van der Waals surface area contributed by atoms with Crippen molar-refractivity contribution in [1.82, 2.24) is 4.90 Å². The first-order valence-corrected chi connectivity index (χ1v) is 9.68. The van der Waals surface area contributed by atoms with Gasteiger partial charge in [-0.05, 0) is 52.2 Å². The first kappa shape index (κ1) is 20.2. The summed E-state index contributed by atoms with van der Waals surface area (Å²) in [5.41, 5.74) is 0.257. The summed E-state index contributed by atoms with van der Waals surface area (Å²) in [5.74, 6) is 0.593. The smallest absolute Gasteiger partial charge is 0.490 e. The van der Waals surface area contributed by atoms with E-state index in [1.54, 1.807) is 4.90 Å². The number of aliphatic hydroxyl groups is 1. The van der Waals surface area contributed by atoms with Gasteiger partial charge < -0.3 is 24.1 Å². The molecule has 27 heavy (non-hydrogen) atoms. The van der Waals surface area contributed by atoms with E-state index >= 15 is 0 Å². The average Bonchev–Trinajstić information content (AvgIpc) is 2.83. The van der Waals surface area contributed by atoms with E-state index in [0.29, 0.717) is 13.1 Å². The molecule has 1 N–H and O–H groups in total. The molecular weight excluding hydrogens is 345 g/mol. The predicted octanol–water partition coefficient (Wildman–Crippen LogP) is 1.74. The summed E-state index contributed by atoms with van der Waals surface area (Å²) in [6.45, 7) is 10.9. The summed E-state index contributed by atoms with van der Waals surface area (Å²) in [7, 11) is -0.376. The fraction of sp³-hybridized carbons (Fsp3) is 0.650. The number of ether oxygens (including phenoxy) is 1. The van der Waals surface area contributed by atoms with Gasteiger partial charge in [-0.25, -0.2) is 0 Å². The Morgan fingerprint density at radius 1 is 1.15 bits per heavy atom. The van der Waals surface area contributed by atoms with E-state index in [1.165, 1.54) is 6.92 Å².